The Labute approximate surface area is 106 Å². The smallest absolute Gasteiger partial charge is 0.152 e. The average molecular weight is 255 g/mol. The Morgan fingerprint density at radius 2 is 1.83 bits per heavy atom. The fourth-order valence-electron chi connectivity index (χ4n) is 2.33. The van der Waals surface area contributed by atoms with Crippen LogP contribution < -0.4 is 10.5 Å². The van der Waals surface area contributed by atoms with E-state index in [1.807, 2.05) is 0 Å². The summed E-state index contributed by atoms with van der Waals surface area (Å²) in [6.07, 6.45) is 3.89. The highest BCUT2D eigenvalue weighted by Gasteiger charge is 2.28. The Balaban J connectivity index is 2.07. The quantitative estimate of drug-likeness (QED) is 0.813. The number of nitrogens with two attached hydrogens (primary N) is 1. The largest absolute Gasteiger partial charge is 0.488 e. The molecule has 1 aromatic rings. The van der Waals surface area contributed by atoms with Crippen LogP contribution >= 0.6 is 0 Å². The molecule has 2 nitrogen and oxygen atoms in total. The van der Waals surface area contributed by atoms with E-state index in [-0.39, 0.29) is 17.5 Å². The summed E-state index contributed by atoms with van der Waals surface area (Å²) in [6, 6.07) is 1.92. The van der Waals surface area contributed by atoms with Gasteiger partial charge in [-0.2, -0.15) is 0 Å². The van der Waals surface area contributed by atoms with Crippen LogP contribution in [0.5, 0.6) is 5.75 Å². The molecule has 0 aliphatic heterocycles. The van der Waals surface area contributed by atoms with Gasteiger partial charge in [-0.3, -0.25) is 0 Å². The number of benzene rings is 1. The summed E-state index contributed by atoms with van der Waals surface area (Å²) in [7, 11) is 0. The number of rotatable bonds is 2. The third kappa shape index (κ3) is 2.92. The van der Waals surface area contributed by atoms with E-state index in [0.717, 1.165) is 37.8 Å². The lowest BCUT2D eigenvalue weighted by molar-refractivity contribution is 0.0988. The van der Waals surface area contributed by atoms with Crippen molar-refractivity contribution in [1.82, 2.24) is 0 Å². The monoisotopic (exact) mass is 255 g/mol. The zero-order valence-electron chi connectivity index (χ0n) is 10.8. The molecule has 2 N–H and O–H groups in total. The molecule has 0 amide bonds. The van der Waals surface area contributed by atoms with Crippen molar-refractivity contribution < 1.29 is 13.5 Å². The highest BCUT2D eigenvalue weighted by Crippen LogP contribution is 2.37. The summed E-state index contributed by atoms with van der Waals surface area (Å²) in [5.41, 5.74) is 5.78. The average Bonchev–Trinajstić information content (AvgIpc) is 2.28. The molecule has 4 heteroatoms. The number of ether oxygens (including phenoxy) is 1. The molecule has 18 heavy (non-hydrogen) atoms. The van der Waals surface area contributed by atoms with Crippen molar-refractivity contribution in [3.05, 3.63) is 23.8 Å². The molecule has 0 spiro atoms. The second-order valence-corrected chi connectivity index (χ2v) is 5.78. The Hall–Kier alpha value is -1.32. The van der Waals surface area contributed by atoms with Gasteiger partial charge in [0.1, 0.15) is 17.3 Å². The third-order valence-corrected chi connectivity index (χ3v) is 3.64. The summed E-state index contributed by atoms with van der Waals surface area (Å²) < 4.78 is 32.0. The molecule has 0 radical (unpaired) electrons. The van der Waals surface area contributed by atoms with Gasteiger partial charge in [-0.25, -0.2) is 8.78 Å². The van der Waals surface area contributed by atoms with Gasteiger partial charge in [-0.15, -0.1) is 0 Å². The Morgan fingerprint density at radius 1 is 1.22 bits per heavy atom. The molecule has 1 fully saturated rings. The second kappa shape index (κ2) is 4.75. The first-order valence-electron chi connectivity index (χ1n) is 6.28. The van der Waals surface area contributed by atoms with Crippen molar-refractivity contribution in [3.8, 4) is 5.75 Å². The van der Waals surface area contributed by atoms with E-state index < -0.39 is 11.6 Å². The van der Waals surface area contributed by atoms with E-state index in [1.54, 1.807) is 0 Å². The van der Waals surface area contributed by atoms with Crippen molar-refractivity contribution in [2.24, 2.45) is 5.41 Å². The molecule has 100 valence electrons. The van der Waals surface area contributed by atoms with Crippen LogP contribution in [0.2, 0.25) is 0 Å². The number of hydrogen-bond donors (Lipinski definition) is 1. The summed E-state index contributed by atoms with van der Waals surface area (Å²) in [5, 5.41) is 0. The van der Waals surface area contributed by atoms with Gasteiger partial charge in [0, 0.05) is 12.1 Å². The predicted molar refractivity (Wildman–Crippen MR) is 67.4 cm³/mol. The van der Waals surface area contributed by atoms with Gasteiger partial charge in [0.25, 0.3) is 0 Å². The first kappa shape index (κ1) is 13.1. The predicted octanol–water partition coefficient (Wildman–Crippen LogP) is 3.89. The van der Waals surface area contributed by atoms with Crippen LogP contribution in [0.15, 0.2) is 12.1 Å². The minimum absolute atomic E-state index is 0.00141. The summed E-state index contributed by atoms with van der Waals surface area (Å²) in [4.78, 5) is 0. The molecule has 1 aromatic carbocycles. The Bertz CT molecular complexity index is 436. The highest BCUT2D eigenvalue weighted by molar-refractivity contribution is 5.53. The molecule has 0 atom stereocenters. The topological polar surface area (TPSA) is 35.2 Å². The van der Waals surface area contributed by atoms with Crippen molar-refractivity contribution in [2.75, 3.05) is 5.73 Å². The molecule has 1 saturated carbocycles. The number of nitrogen functional groups attached to an aromatic ring is 1. The van der Waals surface area contributed by atoms with Gasteiger partial charge in [0.05, 0.1) is 6.10 Å². The normalized spacial score (nSPS) is 19.8. The van der Waals surface area contributed by atoms with Gasteiger partial charge in [0.15, 0.2) is 5.82 Å². The lowest BCUT2D eigenvalue weighted by atomic mass is 9.76. The molecule has 2 rings (SSSR count). The maximum Gasteiger partial charge on any atom is 0.152 e. The molecule has 0 saturated heterocycles. The molecule has 0 heterocycles. The van der Waals surface area contributed by atoms with E-state index >= 15 is 0 Å². The maximum absolute atomic E-state index is 13.3. The van der Waals surface area contributed by atoms with Crippen LogP contribution in [0.4, 0.5) is 14.5 Å². The van der Waals surface area contributed by atoms with Crippen molar-refractivity contribution in [3.63, 3.8) is 0 Å². The standard InChI is InChI=1S/C14H19F2NO/c1-14(2)5-3-10(4-6-14)18-12-8-9(15)7-11(16)13(12)17/h7-8,10H,3-6,17H2,1-2H3. The maximum atomic E-state index is 13.3. The van der Waals surface area contributed by atoms with Crippen LogP contribution in [0.1, 0.15) is 39.5 Å². The van der Waals surface area contributed by atoms with Gasteiger partial charge >= 0.3 is 0 Å². The van der Waals surface area contributed by atoms with Crippen LogP contribution in [0.25, 0.3) is 0 Å². The lowest BCUT2D eigenvalue weighted by Gasteiger charge is -2.34. The zero-order valence-corrected chi connectivity index (χ0v) is 10.8. The van der Waals surface area contributed by atoms with E-state index in [1.165, 1.54) is 0 Å². The highest BCUT2D eigenvalue weighted by atomic mass is 19.1. The van der Waals surface area contributed by atoms with Crippen LogP contribution in [-0.4, -0.2) is 6.10 Å². The van der Waals surface area contributed by atoms with Gasteiger partial charge in [0.2, 0.25) is 0 Å². The van der Waals surface area contributed by atoms with Gasteiger partial charge in [-0.1, -0.05) is 13.8 Å². The number of anilines is 1. The molecular formula is C14H19F2NO. The number of halogens is 2. The third-order valence-electron chi connectivity index (χ3n) is 3.64. The first-order chi connectivity index (χ1) is 8.37. The fraction of sp³-hybridized carbons (Fsp3) is 0.571. The van der Waals surface area contributed by atoms with Gasteiger partial charge in [-0.05, 0) is 31.1 Å². The number of hydrogen-bond acceptors (Lipinski definition) is 2. The van der Waals surface area contributed by atoms with E-state index in [4.69, 9.17) is 10.5 Å². The lowest BCUT2D eigenvalue weighted by Crippen LogP contribution is -2.28. The summed E-state index contributed by atoms with van der Waals surface area (Å²) >= 11 is 0. The minimum Gasteiger partial charge on any atom is -0.488 e. The Morgan fingerprint density at radius 3 is 2.44 bits per heavy atom. The zero-order chi connectivity index (χ0) is 13.3. The first-order valence-corrected chi connectivity index (χ1v) is 6.28. The molecule has 0 unspecified atom stereocenters. The Kier molecular flexibility index (Phi) is 3.46. The van der Waals surface area contributed by atoms with Crippen LogP contribution in [0.3, 0.4) is 0 Å². The molecule has 1 aliphatic rings. The van der Waals surface area contributed by atoms with Gasteiger partial charge < -0.3 is 10.5 Å². The minimum atomic E-state index is -0.763. The fourth-order valence-corrected chi connectivity index (χ4v) is 2.33. The van der Waals surface area contributed by atoms with E-state index in [9.17, 15) is 8.78 Å². The van der Waals surface area contributed by atoms with Crippen LogP contribution in [-0.2, 0) is 0 Å². The van der Waals surface area contributed by atoms with Crippen molar-refractivity contribution in [1.29, 1.82) is 0 Å². The summed E-state index contributed by atoms with van der Waals surface area (Å²) in [5.74, 6) is -1.30. The van der Waals surface area contributed by atoms with Crippen molar-refractivity contribution in [2.45, 2.75) is 45.6 Å². The van der Waals surface area contributed by atoms with E-state index in [2.05, 4.69) is 13.8 Å². The molecular weight excluding hydrogens is 236 g/mol. The summed E-state index contributed by atoms with van der Waals surface area (Å²) in [6.45, 7) is 4.44. The second-order valence-electron chi connectivity index (χ2n) is 5.78. The molecule has 0 bridgehead atoms. The van der Waals surface area contributed by atoms with Crippen LogP contribution in [0, 0.1) is 17.0 Å². The molecule has 0 aromatic heterocycles. The van der Waals surface area contributed by atoms with Crippen molar-refractivity contribution >= 4 is 5.69 Å². The SMILES string of the molecule is CC1(C)CCC(Oc2cc(F)cc(F)c2N)CC1. The molecule has 1 aliphatic carbocycles. The van der Waals surface area contributed by atoms with E-state index in [0.29, 0.717) is 5.41 Å².